The maximum Gasteiger partial charge on any atom is 0.269 e. The molecule has 2 aromatic carbocycles. The van der Waals surface area contributed by atoms with Crippen molar-refractivity contribution in [2.24, 2.45) is 0 Å². The van der Waals surface area contributed by atoms with Crippen LogP contribution < -0.4 is 4.90 Å². The second kappa shape index (κ2) is 11.3. The van der Waals surface area contributed by atoms with Gasteiger partial charge in [0.2, 0.25) is 5.60 Å². The van der Waals surface area contributed by atoms with Gasteiger partial charge in [-0.25, -0.2) is 0 Å². The number of rotatable bonds is 9. The topological polar surface area (TPSA) is 43.8 Å². The molecule has 0 bridgehead atoms. The van der Waals surface area contributed by atoms with Gasteiger partial charge < -0.3 is 14.9 Å². The van der Waals surface area contributed by atoms with Crippen molar-refractivity contribution in [3.63, 3.8) is 0 Å². The van der Waals surface area contributed by atoms with Crippen LogP contribution in [0.25, 0.3) is 0 Å². The van der Waals surface area contributed by atoms with Crippen molar-refractivity contribution < 1.29 is 9.90 Å². The normalized spacial score (nSPS) is 12.8. The molecular formula is C24H29ClN2O2S. The van der Waals surface area contributed by atoms with Gasteiger partial charge in [0.1, 0.15) is 0 Å². The number of carbonyl (C=O) groups excluding carboxylic acids is 1. The molecule has 1 N–H and O–H groups in total. The number of benzene rings is 2. The van der Waals surface area contributed by atoms with Crippen molar-refractivity contribution in [3.05, 3.63) is 88.6 Å². The summed E-state index contributed by atoms with van der Waals surface area (Å²) >= 11 is 1.39. The standard InChI is InChI=1S/C24H28N2O2S.ClH/c1-3-25(4-2)17-18-26(21-14-9-6-10-15-21)23(27)24(28,22-16-11-19-29-22)20-12-7-5-8-13-20;/h5-16,19,28H,3-4,17-18H2,1-2H3;1H. The number of likely N-dealkylation sites (N-methyl/N-ethyl adjacent to an activating group) is 1. The van der Waals surface area contributed by atoms with Crippen molar-refractivity contribution in [3.8, 4) is 0 Å². The average molecular weight is 445 g/mol. The van der Waals surface area contributed by atoms with E-state index < -0.39 is 5.60 Å². The van der Waals surface area contributed by atoms with Gasteiger partial charge in [0.25, 0.3) is 5.91 Å². The zero-order chi connectivity index (χ0) is 20.7. The summed E-state index contributed by atoms with van der Waals surface area (Å²) in [7, 11) is 0. The Balaban J connectivity index is 0.00000320. The molecule has 1 atom stereocenters. The molecule has 0 saturated heterocycles. The largest absolute Gasteiger partial charge is 0.371 e. The number of carbonyl (C=O) groups is 1. The predicted molar refractivity (Wildman–Crippen MR) is 128 cm³/mol. The van der Waals surface area contributed by atoms with E-state index in [1.54, 1.807) is 4.90 Å². The van der Waals surface area contributed by atoms with Gasteiger partial charge in [-0.05, 0) is 42.2 Å². The molecule has 0 saturated carbocycles. The lowest BCUT2D eigenvalue weighted by Crippen LogP contribution is -2.50. The smallest absolute Gasteiger partial charge is 0.269 e. The fourth-order valence-electron chi connectivity index (χ4n) is 3.47. The highest BCUT2D eigenvalue weighted by Gasteiger charge is 2.44. The summed E-state index contributed by atoms with van der Waals surface area (Å²) in [6.45, 7) is 7.31. The molecule has 0 radical (unpaired) electrons. The Morgan fingerprint density at radius 3 is 2.03 bits per heavy atom. The van der Waals surface area contributed by atoms with E-state index in [9.17, 15) is 9.90 Å². The molecule has 1 heterocycles. The Bertz CT molecular complexity index is 886. The Kier molecular flexibility index (Phi) is 9.06. The van der Waals surface area contributed by atoms with Gasteiger partial charge >= 0.3 is 0 Å². The van der Waals surface area contributed by atoms with Crippen LogP contribution in [0.1, 0.15) is 24.3 Å². The molecular weight excluding hydrogens is 416 g/mol. The molecule has 160 valence electrons. The summed E-state index contributed by atoms with van der Waals surface area (Å²) in [5.74, 6) is -0.329. The van der Waals surface area contributed by atoms with Gasteiger partial charge in [-0.2, -0.15) is 0 Å². The third-order valence-corrected chi connectivity index (χ3v) is 6.20. The van der Waals surface area contributed by atoms with E-state index in [1.165, 1.54) is 11.3 Å². The first-order chi connectivity index (χ1) is 14.1. The van der Waals surface area contributed by atoms with Gasteiger partial charge in [-0.1, -0.05) is 68.4 Å². The lowest BCUT2D eigenvalue weighted by Gasteiger charge is -2.34. The minimum absolute atomic E-state index is 0. The number of para-hydroxylation sites is 1. The number of hydrogen-bond acceptors (Lipinski definition) is 4. The molecule has 1 unspecified atom stereocenters. The van der Waals surface area contributed by atoms with Crippen LogP contribution in [0.5, 0.6) is 0 Å². The SMILES string of the molecule is CCN(CC)CCN(C(=O)C(O)(c1ccccc1)c1cccs1)c1ccccc1.Cl. The molecule has 0 aliphatic heterocycles. The Labute approximate surface area is 189 Å². The van der Waals surface area contributed by atoms with Gasteiger partial charge in [0.15, 0.2) is 0 Å². The van der Waals surface area contributed by atoms with E-state index in [4.69, 9.17) is 0 Å². The van der Waals surface area contributed by atoms with Crippen molar-refractivity contribution >= 4 is 35.3 Å². The van der Waals surface area contributed by atoms with E-state index in [0.29, 0.717) is 17.0 Å². The maximum atomic E-state index is 13.9. The Morgan fingerprint density at radius 1 is 0.900 bits per heavy atom. The molecule has 6 heteroatoms. The first kappa shape index (κ1) is 24.1. The number of hydrogen-bond donors (Lipinski definition) is 1. The summed E-state index contributed by atoms with van der Waals surface area (Å²) in [5.41, 5.74) is -0.360. The van der Waals surface area contributed by atoms with E-state index in [0.717, 1.165) is 25.3 Å². The van der Waals surface area contributed by atoms with Crippen LogP contribution in [0.2, 0.25) is 0 Å². The minimum atomic E-state index is -1.73. The first-order valence-electron chi connectivity index (χ1n) is 10.0. The highest BCUT2D eigenvalue weighted by atomic mass is 35.5. The highest BCUT2D eigenvalue weighted by molar-refractivity contribution is 7.10. The maximum absolute atomic E-state index is 13.9. The number of anilines is 1. The minimum Gasteiger partial charge on any atom is -0.371 e. The zero-order valence-electron chi connectivity index (χ0n) is 17.4. The van der Waals surface area contributed by atoms with Crippen LogP contribution >= 0.6 is 23.7 Å². The van der Waals surface area contributed by atoms with E-state index in [2.05, 4.69) is 18.7 Å². The third-order valence-electron chi connectivity index (χ3n) is 5.23. The molecule has 0 aliphatic rings. The van der Waals surface area contributed by atoms with E-state index >= 15 is 0 Å². The van der Waals surface area contributed by atoms with Crippen LogP contribution in [0.15, 0.2) is 78.2 Å². The summed E-state index contributed by atoms with van der Waals surface area (Å²) in [6.07, 6.45) is 0. The predicted octanol–water partition coefficient (Wildman–Crippen LogP) is 4.78. The number of thiophene rings is 1. The van der Waals surface area contributed by atoms with Crippen LogP contribution in [0, 0.1) is 0 Å². The summed E-state index contributed by atoms with van der Waals surface area (Å²) in [5, 5.41) is 13.7. The summed E-state index contributed by atoms with van der Waals surface area (Å²) < 4.78 is 0. The van der Waals surface area contributed by atoms with Gasteiger partial charge in [0.05, 0.1) is 4.88 Å². The van der Waals surface area contributed by atoms with Gasteiger partial charge in [0, 0.05) is 18.8 Å². The molecule has 0 aliphatic carbocycles. The van der Waals surface area contributed by atoms with Crippen LogP contribution in [0.4, 0.5) is 5.69 Å². The lowest BCUT2D eigenvalue weighted by atomic mass is 9.90. The highest BCUT2D eigenvalue weighted by Crippen LogP contribution is 2.36. The molecule has 3 rings (SSSR count). The Hall–Kier alpha value is -2.18. The number of halogens is 1. The average Bonchev–Trinajstić information content (AvgIpc) is 3.33. The fourth-order valence-corrected chi connectivity index (χ4v) is 4.30. The van der Waals surface area contributed by atoms with Crippen molar-refractivity contribution in [1.82, 2.24) is 4.90 Å². The van der Waals surface area contributed by atoms with Crippen molar-refractivity contribution in [2.75, 3.05) is 31.1 Å². The third kappa shape index (κ3) is 5.10. The van der Waals surface area contributed by atoms with Gasteiger partial charge in [-0.15, -0.1) is 23.7 Å². The second-order valence-electron chi connectivity index (χ2n) is 6.87. The quantitative estimate of drug-likeness (QED) is 0.516. The molecule has 1 amide bonds. The summed E-state index contributed by atoms with van der Waals surface area (Å²) in [4.78, 5) is 18.5. The molecule has 3 aromatic rings. The molecule has 30 heavy (non-hydrogen) atoms. The number of nitrogens with zero attached hydrogens (tertiary/aromatic N) is 2. The van der Waals surface area contributed by atoms with Crippen molar-refractivity contribution in [1.29, 1.82) is 0 Å². The number of amides is 1. The van der Waals surface area contributed by atoms with E-state index in [1.807, 2.05) is 78.2 Å². The molecule has 0 fully saturated rings. The lowest BCUT2D eigenvalue weighted by molar-refractivity contribution is -0.133. The van der Waals surface area contributed by atoms with Crippen LogP contribution in [0.3, 0.4) is 0 Å². The monoisotopic (exact) mass is 444 g/mol. The van der Waals surface area contributed by atoms with Gasteiger partial charge in [-0.3, -0.25) is 4.79 Å². The van der Waals surface area contributed by atoms with Crippen LogP contribution in [-0.4, -0.2) is 42.1 Å². The van der Waals surface area contributed by atoms with E-state index in [-0.39, 0.29) is 18.3 Å². The Morgan fingerprint density at radius 2 is 1.50 bits per heavy atom. The fraction of sp³-hybridized carbons (Fsp3) is 0.292. The zero-order valence-corrected chi connectivity index (χ0v) is 19.0. The molecule has 1 aromatic heterocycles. The second-order valence-corrected chi connectivity index (χ2v) is 7.82. The van der Waals surface area contributed by atoms with Crippen LogP contribution in [-0.2, 0) is 10.4 Å². The number of aliphatic hydroxyl groups is 1. The molecule has 0 spiro atoms. The molecule has 4 nitrogen and oxygen atoms in total. The van der Waals surface area contributed by atoms with Crippen molar-refractivity contribution in [2.45, 2.75) is 19.4 Å². The first-order valence-corrected chi connectivity index (χ1v) is 10.9. The summed E-state index contributed by atoms with van der Waals surface area (Å²) in [6, 6.07) is 22.5.